The van der Waals surface area contributed by atoms with Gasteiger partial charge in [-0.25, -0.2) is 0 Å². The Morgan fingerprint density at radius 2 is 1.62 bits per heavy atom. The third-order valence-electron chi connectivity index (χ3n) is 9.07. The van der Waals surface area contributed by atoms with Crippen LogP contribution in [-0.4, -0.2) is 52.7 Å². The average Bonchev–Trinajstić information content (AvgIpc) is 3.19. The van der Waals surface area contributed by atoms with Gasteiger partial charge in [0.1, 0.15) is 0 Å². The van der Waals surface area contributed by atoms with Gasteiger partial charge in [0.05, 0.1) is 12.7 Å². The molecule has 0 amide bonds. The lowest BCUT2D eigenvalue weighted by Crippen LogP contribution is -2.53. The van der Waals surface area contributed by atoms with E-state index >= 15 is 0 Å². The van der Waals surface area contributed by atoms with Crippen molar-refractivity contribution < 1.29 is 23.7 Å². The molecule has 5 nitrogen and oxygen atoms in total. The van der Waals surface area contributed by atoms with E-state index in [2.05, 4.69) is 76.2 Å². The van der Waals surface area contributed by atoms with Crippen LogP contribution in [0.4, 0.5) is 0 Å². The van der Waals surface area contributed by atoms with Gasteiger partial charge in [-0.2, -0.15) is 0 Å². The third-order valence-corrected chi connectivity index (χ3v) is 11.6. The number of fused-ring (bicyclic) bond motifs is 1. The fourth-order valence-electron chi connectivity index (χ4n) is 7.17. The number of ether oxygens (including phenoxy) is 3. The van der Waals surface area contributed by atoms with Gasteiger partial charge in [-0.05, 0) is 58.7 Å². The molecule has 2 aromatic carbocycles. The van der Waals surface area contributed by atoms with E-state index in [1.165, 1.54) is 10.4 Å². The second kappa shape index (κ2) is 11.3. The monoisotopic (exact) mass is 524 g/mol. The first-order chi connectivity index (χ1) is 17.8. The molecule has 3 aliphatic rings. The molecule has 2 aliphatic heterocycles. The largest absolute Gasteiger partial charge is 0.410 e. The van der Waals surface area contributed by atoms with Crippen molar-refractivity contribution in [2.24, 2.45) is 28.6 Å². The molecule has 3 fully saturated rings. The molecule has 1 aliphatic carbocycles. The van der Waals surface area contributed by atoms with Crippen LogP contribution in [0.1, 0.15) is 53.4 Å². The zero-order valence-corrected chi connectivity index (χ0v) is 24.0. The van der Waals surface area contributed by atoms with E-state index in [4.69, 9.17) is 18.6 Å². The summed E-state index contributed by atoms with van der Waals surface area (Å²) in [5, 5.41) is 13.7. The number of aliphatic hydroxyl groups excluding tert-OH is 1. The van der Waals surface area contributed by atoms with Crippen LogP contribution >= 0.6 is 0 Å². The SMILES string of the molecule is CC(C)(C)[C@@H]1[C@H]2COC(O)C(CO[SiH](c3ccccc3)c3ccccc3)[C@]2(C)C[C@H]1OC1CCCCO1. The van der Waals surface area contributed by atoms with Gasteiger partial charge in [0.15, 0.2) is 12.6 Å². The fourth-order valence-corrected chi connectivity index (χ4v) is 9.48. The number of rotatable bonds is 7. The molecular weight excluding hydrogens is 480 g/mol. The lowest BCUT2D eigenvalue weighted by atomic mass is 9.63. The van der Waals surface area contributed by atoms with Crippen LogP contribution in [0.15, 0.2) is 60.7 Å². The van der Waals surface area contributed by atoms with Crippen LogP contribution < -0.4 is 10.4 Å². The second-order valence-corrected chi connectivity index (χ2v) is 15.0. The highest BCUT2D eigenvalue weighted by Crippen LogP contribution is 2.60. The Hall–Kier alpha value is -1.54. The molecule has 1 saturated carbocycles. The van der Waals surface area contributed by atoms with E-state index in [1.54, 1.807) is 0 Å². The molecule has 202 valence electrons. The van der Waals surface area contributed by atoms with Crippen LogP contribution in [-0.2, 0) is 18.6 Å². The van der Waals surface area contributed by atoms with Gasteiger partial charge in [0.2, 0.25) is 9.04 Å². The molecule has 1 N–H and O–H groups in total. The predicted octanol–water partition coefficient (Wildman–Crippen LogP) is 4.11. The van der Waals surface area contributed by atoms with Crippen molar-refractivity contribution in [3.05, 3.63) is 60.7 Å². The van der Waals surface area contributed by atoms with Gasteiger partial charge in [0.25, 0.3) is 0 Å². The summed E-state index contributed by atoms with van der Waals surface area (Å²) in [7, 11) is -1.93. The van der Waals surface area contributed by atoms with E-state index in [0.717, 1.165) is 32.3 Å². The molecule has 7 atom stereocenters. The zero-order valence-electron chi connectivity index (χ0n) is 22.8. The molecule has 6 heteroatoms. The Labute approximate surface area is 224 Å². The van der Waals surface area contributed by atoms with Crippen molar-refractivity contribution in [2.45, 2.75) is 72.1 Å². The van der Waals surface area contributed by atoms with Gasteiger partial charge < -0.3 is 23.7 Å². The summed E-state index contributed by atoms with van der Waals surface area (Å²) in [6, 6.07) is 21.1. The van der Waals surface area contributed by atoms with Gasteiger partial charge >= 0.3 is 0 Å². The lowest BCUT2D eigenvalue weighted by Gasteiger charge is -2.48. The van der Waals surface area contributed by atoms with Gasteiger partial charge in [0, 0.05) is 19.1 Å². The summed E-state index contributed by atoms with van der Waals surface area (Å²) in [6.07, 6.45) is 3.22. The summed E-state index contributed by atoms with van der Waals surface area (Å²) >= 11 is 0. The van der Waals surface area contributed by atoms with Crippen LogP contribution in [0.5, 0.6) is 0 Å². The van der Waals surface area contributed by atoms with E-state index in [1.807, 2.05) is 12.1 Å². The highest BCUT2D eigenvalue weighted by molar-refractivity contribution is 6.80. The van der Waals surface area contributed by atoms with Crippen molar-refractivity contribution in [1.82, 2.24) is 0 Å². The lowest BCUT2D eigenvalue weighted by molar-refractivity contribution is -0.232. The first-order valence-corrected chi connectivity index (χ1v) is 15.7. The molecule has 0 bridgehead atoms. The Balaban J connectivity index is 1.40. The highest BCUT2D eigenvalue weighted by Gasteiger charge is 2.61. The van der Waals surface area contributed by atoms with Crippen molar-refractivity contribution in [3.63, 3.8) is 0 Å². The number of hydrogen-bond donors (Lipinski definition) is 1. The standard InChI is InChI=1S/C31H44O5Si/c1-30(2,3)28-24-20-34-29(32)25(31(24,4)19-26(28)36-27-17-11-12-18-33-27)21-35-37(22-13-7-5-8-14-22)23-15-9-6-10-16-23/h5-10,13-16,24-29,32,37H,11-12,17-21H2,1-4H3/t24-,25?,26-,27?,28-,29?,31-/m1/s1. The fraction of sp³-hybridized carbons (Fsp3) is 0.613. The summed E-state index contributed by atoms with van der Waals surface area (Å²) in [5.41, 5.74) is -0.106. The van der Waals surface area contributed by atoms with E-state index < -0.39 is 15.3 Å². The first kappa shape index (κ1) is 27.0. The molecule has 2 heterocycles. The van der Waals surface area contributed by atoms with E-state index in [-0.39, 0.29) is 35.1 Å². The predicted molar refractivity (Wildman–Crippen MR) is 148 cm³/mol. The summed E-state index contributed by atoms with van der Waals surface area (Å²) in [4.78, 5) is 0. The Kier molecular flexibility index (Phi) is 8.25. The Morgan fingerprint density at radius 3 is 2.19 bits per heavy atom. The smallest absolute Gasteiger partial charge is 0.239 e. The van der Waals surface area contributed by atoms with Crippen LogP contribution in [0.25, 0.3) is 0 Å². The Bertz CT molecular complexity index is 950. The number of hydrogen-bond acceptors (Lipinski definition) is 5. The molecule has 2 aromatic rings. The minimum atomic E-state index is -1.93. The van der Waals surface area contributed by atoms with Crippen LogP contribution in [0.2, 0.25) is 0 Å². The maximum Gasteiger partial charge on any atom is 0.239 e. The van der Waals surface area contributed by atoms with Crippen molar-refractivity contribution in [2.75, 3.05) is 19.8 Å². The maximum atomic E-state index is 11.2. The molecule has 0 radical (unpaired) electrons. The summed E-state index contributed by atoms with van der Waals surface area (Å²) < 4.78 is 25.6. The molecule has 0 aromatic heterocycles. The van der Waals surface area contributed by atoms with E-state index in [0.29, 0.717) is 19.1 Å². The topological polar surface area (TPSA) is 57.2 Å². The van der Waals surface area contributed by atoms with E-state index in [9.17, 15) is 5.11 Å². The van der Waals surface area contributed by atoms with Crippen molar-refractivity contribution in [3.8, 4) is 0 Å². The normalized spacial score (nSPS) is 34.4. The minimum absolute atomic E-state index is 0.0458. The van der Waals surface area contributed by atoms with Crippen molar-refractivity contribution >= 4 is 19.4 Å². The molecular formula is C31H44O5Si. The van der Waals surface area contributed by atoms with Crippen LogP contribution in [0, 0.1) is 28.6 Å². The minimum Gasteiger partial charge on any atom is -0.410 e. The van der Waals surface area contributed by atoms with Gasteiger partial charge in [-0.15, -0.1) is 0 Å². The average molecular weight is 525 g/mol. The summed E-state index contributed by atoms with van der Waals surface area (Å²) in [5.74, 6) is 0.473. The van der Waals surface area contributed by atoms with Gasteiger partial charge in [-0.1, -0.05) is 88.4 Å². The molecule has 37 heavy (non-hydrogen) atoms. The number of aliphatic hydroxyl groups is 1. The molecule has 5 rings (SSSR count). The Morgan fingerprint density at radius 1 is 0.973 bits per heavy atom. The molecule has 0 spiro atoms. The van der Waals surface area contributed by atoms with Crippen LogP contribution in [0.3, 0.4) is 0 Å². The highest BCUT2D eigenvalue weighted by atomic mass is 28.3. The quantitative estimate of drug-likeness (QED) is 0.553. The van der Waals surface area contributed by atoms with Gasteiger partial charge in [-0.3, -0.25) is 0 Å². The first-order valence-electron chi connectivity index (χ1n) is 14.1. The summed E-state index contributed by atoms with van der Waals surface area (Å²) in [6.45, 7) is 11.1. The maximum absolute atomic E-state index is 11.2. The molecule has 2 saturated heterocycles. The number of benzene rings is 2. The molecule has 3 unspecified atom stereocenters. The van der Waals surface area contributed by atoms with Crippen molar-refractivity contribution in [1.29, 1.82) is 0 Å². The zero-order chi connectivity index (χ0) is 26.0. The second-order valence-electron chi connectivity index (χ2n) is 12.5. The third kappa shape index (κ3) is 5.75.